The average molecular weight is 309 g/mol. The van der Waals surface area contributed by atoms with Crippen LogP contribution < -0.4 is 10.6 Å². The fourth-order valence-electron chi connectivity index (χ4n) is 1.31. The van der Waals surface area contributed by atoms with Crippen LogP contribution in [-0.4, -0.2) is 23.1 Å². The molecule has 0 heterocycles. The first-order chi connectivity index (χ1) is 8.85. The van der Waals surface area contributed by atoms with Gasteiger partial charge in [0.1, 0.15) is 11.9 Å². The molecule has 0 aliphatic heterocycles. The summed E-state index contributed by atoms with van der Waals surface area (Å²) in [5.74, 6) is -1.80. The maximum absolute atomic E-state index is 12.9. The van der Waals surface area contributed by atoms with Gasteiger partial charge in [-0.05, 0) is 18.6 Å². The van der Waals surface area contributed by atoms with Gasteiger partial charge in [0.25, 0.3) is 0 Å². The highest BCUT2D eigenvalue weighted by atomic mass is 35.5. The van der Waals surface area contributed by atoms with Gasteiger partial charge < -0.3 is 15.7 Å². The van der Waals surface area contributed by atoms with Gasteiger partial charge in [0.15, 0.2) is 0 Å². The number of halogens is 3. The van der Waals surface area contributed by atoms with Crippen LogP contribution in [0.25, 0.3) is 0 Å². The van der Waals surface area contributed by atoms with Crippen molar-refractivity contribution in [2.24, 2.45) is 0 Å². The summed E-state index contributed by atoms with van der Waals surface area (Å²) in [6, 6.07) is 0.150. The summed E-state index contributed by atoms with van der Waals surface area (Å²) in [6.07, 6.45) is 0.216. The molecule has 0 spiro atoms. The maximum Gasteiger partial charge on any atom is 0.326 e. The lowest BCUT2D eigenvalue weighted by molar-refractivity contribution is -0.139. The van der Waals surface area contributed by atoms with Crippen molar-refractivity contribution in [1.29, 1.82) is 0 Å². The van der Waals surface area contributed by atoms with E-state index in [0.717, 1.165) is 12.1 Å². The predicted molar refractivity (Wildman–Crippen MR) is 70.3 cm³/mol. The number of nitrogens with one attached hydrogen (secondary N) is 2. The van der Waals surface area contributed by atoms with Crippen molar-refractivity contribution < 1.29 is 19.1 Å². The molecule has 0 aromatic heterocycles. The molecule has 1 atom stereocenters. The van der Waals surface area contributed by atoms with Crippen LogP contribution in [0.2, 0.25) is 10.0 Å². The SMILES string of the molecule is CCC(NC(=O)Nc1c(Cl)cc(F)cc1Cl)C(=O)O. The van der Waals surface area contributed by atoms with E-state index in [1.54, 1.807) is 6.92 Å². The number of benzene rings is 1. The molecule has 1 aromatic rings. The van der Waals surface area contributed by atoms with E-state index in [0.29, 0.717) is 0 Å². The molecule has 8 heteroatoms. The fourth-order valence-corrected chi connectivity index (χ4v) is 1.86. The van der Waals surface area contributed by atoms with Crippen LogP contribution in [0.1, 0.15) is 13.3 Å². The van der Waals surface area contributed by atoms with E-state index in [1.807, 2.05) is 0 Å². The molecule has 0 aliphatic rings. The van der Waals surface area contributed by atoms with Gasteiger partial charge in [0.05, 0.1) is 15.7 Å². The largest absolute Gasteiger partial charge is 0.480 e. The van der Waals surface area contributed by atoms with Gasteiger partial charge in [-0.3, -0.25) is 0 Å². The van der Waals surface area contributed by atoms with Gasteiger partial charge in [-0.1, -0.05) is 30.1 Å². The van der Waals surface area contributed by atoms with Crippen LogP contribution in [0.3, 0.4) is 0 Å². The van der Waals surface area contributed by atoms with Gasteiger partial charge >= 0.3 is 12.0 Å². The number of carboxylic acids is 1. The molecule has 0 fully saturated rings. The summed E-state index contributed by atoms with van der Waals surface area (Å²) < 4.78 is 12.9. The Labute approximate surface area is 118 Å². The van der Waals surface area contributed by atoms with Gasteiger partial charge in [-0.15, -0.1) is 0 Å². The Hall–Kier alpha value is -1.53. The van der Waals surface area contributed by atoms with Crippen molar-refractivity contribution in [3.05, 3.63) is 28.0 Å². The summed E-state index contributed by atoms with van der Waals surface area (Å²) in [5.41, 5.74) is 0.0162. The molecule has 1 aromatic carbocycles. The number of hydrogen-bond donors (Lipinski definition) is 3. The number of hydrogen-bond acceptors (Lipinski definition) is 2. The molecule has 0 saturated heterocycles. The summed E-state index contributed by atoms with van der Waals surface area (Å²) in [5, 5.41) is 13.1. The third kappa shape index (κ3) is 4.25. The first-order valence-corrected chi connectivity index (χ1v) is 6.05. The number of carbonyl (C=O) groups is 2. The molecular weight excluding hydrogens is 298 g/mol. The van der Waals surface area contributed by atoms with Crippen LogP contribution in [0.5, 0.6) is 0 Å². The third-order valence-corrected chi connectivity index (χ3v) is 2.85. The fraction of sp³-hybridized carbons (Fsp3) is 0.273. The van der Waals surface area contributed by atoms with Crippen LogP contribution in [0, 0.1) is 5.82 Å². The lowest BCUT2D eigenvalue weighted by Crippen LogP contribution is -2.42. The Bertz CT molecular complexity index is 488. The normalized spacial score (nSPS) is 11.8. The van der Waals surface area contributed by atoms with E-state index in [9.17, 15) is 14.0 Å². The summed E-state index contributed by atoms with van der Waals surface area (Å²) in [6.45, 7) is 1.61. The lowest BCUT2D eigenvalue weighted by Gasteiger charge is -2.14. The monoisotopic (exact) mass is 308 g/mol. The highest BCUT2D eigenvalue weighted by Crippen LogP contribution is 2.31. The topological polar surface area (TPSA) is 78.4 Å². The Balaban J connectivity index is 2.80. The molecule has 0 bridgehead atoms. The summed E-state index contributed by atoms with van der Waals surface area (Å²) in [4.78, 5) is 22.3. The molecule has 1 rings (SSSR count). The number of rotatable bonds is 4. The second-order valence-electron chi connectivity index (χ2n) is 3.64. The lowest BCUT2D eigenvalue weighted by atomic mass is 10.2. The van der Waals surface area contributed by atoms with E-state index in [-0.39, 0.29) is 22.2 Å². The van der Waals surface area contributed by atoms with Crippen LogP contribution in [-0.2, 0) is 4.79 Å². The smallest absolute Gasteiger partial charge is 0.326 e. The van der Waals surface area contributed by atoms with Gasteiger partial charge in [-0.2, -0.15) is 0 Å². The molecule has 0 radical (unpaired) electrons. The number of carbonyl (C=O) groups excluding carboxylic acids is 1. The first kappa shape index (κ1) is 15.5. The van der Waals surface area contributed by atoms with Gasteiger partial charge in [0.2, 0.25) is 0 Å². The standard InChI is InChI=1S/C11H11Cl2FN2O3/c1-2-8(10(17)18)15-11(19)16-9-6(12)3-5(14)4-7(9)13/h3-4,8H,2H2,1H3,(H,17,18)(H2,15,16,19). The molecular formula is C11H11Cl2FN2O3. The number of anilines is 1. The van der Waals surface area contributed by atoms with Crippen LogP contribution in [0.4, 0.5) is 14.9 Å². The van der Waals surface area contributed by atoms with Gasteiger partial charge in [0, 0.05) is 0 Å². The molecule has 2 amide bonds. The van der Waals surface area contributed by atoms with Crippen molar-refractivity contribution in [2.75, 3.05) is 5.32 Å². The van der Waals surface area contributed by atoms with Crippen LogP contribution in [0.15, 0.2) is 12.1 Å². The zero-order valence-electron chi connectivity index (χ0n) is 9.84. The molecule has 0 aliphatic carbocycles. The summed E-state index contributed by atoms with van der Waals surface area (Å²) in [7, 11) is 0. The second-order valence-corrected chi connectivity index (χ2v) is 4.46. The maximum atomic E-state index is 12.9. The van der Waals surface area contributed by atoms with Crippen LogP contribution >= 0.6 is 23.2 Å². The molecule has 104 valence electrons. The Morgan fingerprint density at radius 1 is 1.37 bits per heavy atom. The molecule has 5 nitrogen and oxygen atoms in total. The minimum absolute atomic E-state index is 0.0162. The quantitative estimate of drug-likeness (QED) is 0.799. The molecule has 19 heavy (non-hydrogen) atoms. The van der Waals surface area contributed by atoms with E-state index in [1.165, 1.54) is 0 Å². The van der Waals surface area contributed by atoms with E-state index in [4.69, 9.17) is 28.3 Å². The van der Waals surface area contributed by atoms with Crippen molar-refractivity contribution in [2.45, 2.75) is 19.4 Å². The zero-order chi connectivity index (χ0) is 14.6. The van der Waals surface area contributed by atoms with E-state index in [2.05, 4.69) is 10.6 Å². The number of carboxylic acid groups (broad SMARTS) is 1. The number of aliphatic carboxylic acids is 1. The Kier molecular flexibility index (Phi) is 5.38. The first-order valence-electron chi connectivity index (χ1n) is 5.30. The Morgan fingerprint density at radius 3 is 2.32 bits per heavy atom. The Morgan fingerprint density at radius 2 is 1.89 bits per heavy atom. The molecule has 0 saturated carbocycles. The minimum Gasteiger partial charge on any atom is -0.480 e. The highest BCUT2D eigenvalue weighted by molar-refractivity contribution is 6.39. The zero-order valence-corrected chi connectivity index (χ0v) is 11.3. The van der Waals surface area contributed by atoms with Crippen molar-refractivity contribution >= 4 is 40.9 Å². The molecule has 1 unspecified atom stereocenters. The van der Waals surface area contributed by atoms with E-state index >= 15 is 0 Å². The highest BCUT2D eigenvalue weighted by Gasteiger charge is 2.19. The minimum atomic E-state index is -1.16. The van der Waals surface area contributed by atoms with Crippen molar-refractivity contribution in [3.8, 4) is 0 Å². The predicted octanol–water partition coefficient (Wildman–Crippen LogP) is 3.12. The molecule has 3 N–H and O–H groups in total. The third-order valence-electron chi connectivity index (χ3n) is 2.26. The average Bonchev–Trinajstić information content (AvgIpc) is 2.30. The summed E-state index contributed by atoms with van der Waals surface area (Å²) >= 11 is 11.5. The van der Waals surface area contributed by atoms with E-state index < -0.39 is 23.9 Å². The van der Waals surface area contributed by atoms with Crippen molar-refractivity contribution in [3.63, 3.8) is 0 Å². The second kappa shape index (κ2) is 6.58. The number of amides is 2. The number of urea groups is 1. The van der Waals surface area contributed by atoms with Crippen molar-refractivity contribution in [1.82, 2.24) is 5.32 Å². The van der Waals surface area contributed by atoms with Gasteiger partial charge in [-0.25, -0.2) is 14.0 Å².